The first kappa shape index (κ1) is 18.2. The van der Waals surface area contributed by atoms with Crippen LogP contribution in [0.2, 0.25) is 5.02 Å². The second kappa shape index (κ2) is 8.19. The number of anilines is 2. The van der Waals surface area contributed by atoms with Gasteiger partial charge in [0.25, 0.3) is 0 Å². The monoisotopic (exact) mass is 375 g/mol. The molecular formula is C19H19ClFN3O2. The lowest BCUT2D eigenvalue weighted by molar-refractivity contribution is -0.121. The number of halogens is 2. The van der Waals surface area contributed by atoms with Gasteiger partial charge >= 0.3 is 6.03 Å². The summed E-state index contributed by atoms with van der Waals surface area (Å²) in [6, 6.07) is 13.3. The van der Waals surface area contributed by atoms with Gasteiger partial charge in [-0.3, -0.25) is 4.79 Å². The van der Waals surface area contributed by atoms with E-state index in [-0.39, 0.29) is 29.2 Å². The number of piperidine rings is 1. The molecule has 3 amide bonds. The molecule has 0 aliphatic carbocycles. The van der Waals surface area contributed by atoms with Gasteiger partial charge in [0.05, 0.1) is 16.6 Å². The van der Waals surface area contributed by atoms with E-state index in [9.17, 15) is 14.0 Å². The van der Waals surface area contributed by atoms with Crippen molar-refractivity contribution >= 4 is 34.9 Å². The Morgan fingerprint density at radius 1 is 1.08 bits per heavy atom. The summed E-state index contributed by atoms with van der Waals surface area (Å²) >= 11 is 5.74. The zero-order valence-corrected chi connectivity index (χ0v) is 14.8. The van der Waals surface area contributed by atoms with E-state index in [0.29, 0.717) is 25.1 Å². The van der Waals surface area contributed by atoms with Gasteiger partial charge in [-0.2, -0.15) is 0 Å². The molecular weight excluding hydrogens is 357 g/mol. The molecule has 5 nitrogen and oxygen atoms in total. The summed E-state index contributed by atoms with van der Waals surface area (Å²) in [6.45, 7) is 0.862. The van der Waals surface area contributed by atoms with E-state index >= 15 is 0 Å². The SMILES string of the molecule is O=C(Nc1cccc(Cl)c1F)[C@H]1CCCN(C(=O)Nc2ccccc2)C1. The average molecular weight is 376 g/mol. The minimum atomic E-state index is -0.656. The van der Waals surface area contributed by atoms with Crippen LogP contribution < -0.4 is 10.6 Å². The molecule has 0 spiro atoms. The standard InChI is InChI=1S/C19H19ClFN3O2/c20-15-9-4-10-16(17(15)21)23-18(25)13-6-5-11-24(12-13)19(26)22-14-7-2-1-3-8-14/h1-4,7-10,13H,5-6,11-12H2,(H,22,26)(H,23,25)/t13-/m0/s1. The predicted molar refractivity (Wildman–Crippen MR) is 99.8 cm³/mol. The number of hydrogen-bond donors (Lipinski definition) is 2. The molecule has 1 aliphatic rings. The van der Waals surface area contributed by atoms with Crippen LogP contribution in [0.1, 0.15) is 12.8 Å². The number of carbonyl (C=O) groups is 2. The number of hydrogen-bond acceptors (Lipinski definition) is 2. The number of rotatable bonds is 3. The lowest BCUT2D eigenvalue weighted by Crippen LogP contribution is -2.45. The van der Waals surface area contributed by atoms with Gasteiger partial charge in [-0.15, -0.1) is 0 Å². The number of para-hydroxylation sites is 1. The lowest BCUT2D eigenvalue weighted by atomic mass is 9.97. The molecule has 2 aromatic rings. The van der Waals surface area contributed by atoms with Gasteiger partial charge in [-0.25, -0.2) is 9.18 Å². The molecule has 26 heavy (non-hydrogen) atoms. The van der Waals surface area contributed by atoms with E-state index in [2.05, 4.69) is 10.6 Å². The van der Waals surface area contributed by atoms with E-state index in [1.54, 1.807) is 23.1 Å². The molecule has 0 bridgehead atoms. The Morgan fingerprint density at radius 2 is 1.85 bits per heavy atom. The van der Waals surface area contributed by atoms with Crippen LogP contribution in [-0.4, -0.2) is 29.9 Å². The van der Waals surface area contributed by atoms with Crippen LogP contribution in [0.5, 0.6) is 0 Å². The third-order valence-corrected chi connectivity index (χ3v) is 4.61. The maximum atomic E-state index is 14.0. The van der Waals surface area contributed by atoms with Gasteiger partial charge in [-0.05, 0) is 37.1 Å². The fourth-order valence-electron chi connectivity index (χ4n) is 2.93. The van der Waals surface area contributed by atoms with Crippen LogP contribution in [0.25, 0.3) is 0 Å². The second-order valence-electron chi connectivity index (χ2n) is 6.17. The topological polar surface area (TPSA) is 61.4 Å². The van der Waals surface area contributed by atoms with Crippen LogP contribution in [0.4, 0.5) is 20.6 Å². The van der Waals surface area contributed by atoms with Crippen molar-refractivity contribution in [2.24, 2.45) is 5.92 Å². The quantitative estimate of drug-likeness (QED) is 0.837. The van der Waals surface area contributed by atoms with Crippen molar-refractivity contribution in [3.05, 3.63) is 59.4 Å². The maximum absolute atomic E-state index is 14.0. The summed E-state index contributed by atoms with van der Waals surface area (Å²) in [5, 5.41) is 5.34. The van der Waals surface area contributed by atoms with Crippen LogP contribution in [0.15, 0.2) is 48.5 Å². The Labute approximate surface area is 156 Å². The first-order valence-corrected chi connectivity index (χ1v) is 8.78. The zero-order valence-electron chi connectivity index (χ0n) is 14.0. The van der Waals surface area contributed by atoms with Gasteiger partial charge in [-0.1, -0.05) is 35.9 Å². The smallest absolute Gasteiger partial charge is 0.321 e. The molecule has 0 aromatic heterocycles. The van der Waals surface area contributed by atoms with Gasteiger partial charge < -0.3 is 15.5 Å². The minimum Gasteiger partial charge on any atom is -0.324 e. The van der Waals surface area contributed by atoms with Gasteiger partial charge in [0.15, 0.2) is 5.82 Å². The maximum Gasteiger partial charge on any atom is 0.321 e. The van der Waals surface area contributed by atoms with E-state index in [1.165, 1.54) is 12.1 Å². The van der Waals surface area contributed by atoms with E-state index in [4.69, 9.17) is 11.6 Å². The van der Waals surface area contributed by atoms with Crippen molar-refractivity contribution in [1.82, 2.24) is 4.90 Å². The number of nitrogens with one attached hydrogen (secondary N) is 2. The second-order valence-corrected chi connectivity index (χ2v) is 6.58. The minimum absolute atomic E-state index is 0.0460. The van der Waals surface area contributed by atoms with Crippen molar-refractivity contribution in [2.75, 3.05) is 23.7 Å². The van der Waals surface area contributed by atoms with E-state index in [0.717, 1.165) is 0 Å². The van der Waals surface area contributed by atoms with Crippen molar-refractivity contribution in [3.63, 3.8) is 0 Å². The van der Waals surface area contributed by atoms with Gasteiger partial charge in [0.2, 0.25) is 5.91 Å². The number of nitrogens with zero attached hydrogens (tertiary/aromatic N) is 1. The lowest BCUT2D eigenvalue weighted by Gasteiger charge is -2.32. The molecule has 1 fully saturated rings. The third-order valence-electron chi connectivity index (χ3n) is 4.31. The first-order chi connectivity index (χ1) is 12.5. The summed E-state index contributed by atoms with van der Waals surface area (Å²) in [6.07, 6.45) is 1.35. The summed E-state index contributed by atoms with van der Waals surface area (Å²) in [4.78, 5) is 26.5. The Hall–Kier alpha value is -2.60. The molecule has 7 heteroatoms. The Bertz CT molecular complexity index is 801. The molecule has 1 heterocycles. The van der Waals surface area contributed by atoms with Crippen LogP contribution in [0.3, 0.4) is 0 Å². The zero-order chi connectivity index (χ0) is 18.5. The summed E-state index contributed by atoms with van der Waals surface area (Å²) in [7, 11) is 0. The number of likely N-dealkylation sites (tertiary alicyclic amines) is 1. The number of urea groups is 1. The Morgan fingerprint density at radius 3 is 2.62 bits per heavy atom. The Kier molecular flexibility index (Phi) is 5.73. The van der Waals surface area contributed by atoms with Gasteiger partial charge in [0, 0.05) is 18.8 Å². The highest BCUT2D eigenvalue weighted by atomic mass is 35.5. The van der Waals surface area contributed by atoms with Crippen molar-refractivity contribution in [3.8, 4) is 0 Å². The largest absolute Gasteiger partial charge is 0.324 e. The van der Waals surface area contributed by atoms with Crippen molar-refractivity contribution in [1.29, 1.82) is 0 Å². The molecule has 2 aromatic carbocycles. The fraction of sp³-hybridized carbons (Fsp3) is 0.263. The molecule has 0 radical (unpaired) electrons. The third kappa shape index (κ3) is 4.32. The molecule has 2 N–H and O–H groups in total. The summed E-state index contributed by atoms with van der Waals surface area (Å²) in [5.41, 5.74) is 0.749. The van der Waals surface area contributed by atoms with Crippen LogP contribution in [-0.2, 0) is 4.79 Å². The number of benzene rings is 2. The first-order valence-electron chi connectivity index (χ1n) is 8.40. The molecule has 1 atom stereocenters. The van der Waals surface area contributed by atoms with Gasteiger partial charge in [0.1, 0.15) is 0 Å². The van der Waals surface area contributed by atoms with Crippen molar-refractivity contribution < 1.29 is 14.0 Å². The van der Waals surface area contributed by atoms with E-state index < -0.39 is 11.7 Å². The molecule has 3 rings (SSSR count). The molecule has 0 saturated carbocycles. The summed E-state index contributed by atoms with van der Waals surface area (Å²) in [5.74, 6) is -1.37. The highest BCUT2D eigenvalue weighted by Gasteiger charge is 2.29. The predicted octanol–water partition coefficient (Wildman–Crippen LogP) is 4.36. The molecule has 0 unspecified atom stereocenters. The van der Waals surface area contributed by atoms with Crippen LogP contribution in [0, 0.1) is 11.7 Å². The van der Waals surface area contributed by atoms with Crippen LogP contribution >= 0.6 is 11.6 Å². The molecule has 1 aliphatic heterocycles. The van der Waals surface area contributed by atoms with Crippen molar-refractivity contribution in [2.45, 2.75) is 12.8 Å². The number of carbonyl (C=O) groups excluding carboxylic acids is 2. The fourth-order valence-corrected chi connectivity index (χ4v) is 3.11. The molecule has 136 valence electrons. The summed E-state index contributed by atoms with van der Waals surface area (Å²) < 4.78 is 14.0. The normalized spacial score (nSPS) is 16.8. The number of amides is 3. The van der Waals surface area contributed by atoms with E-state index in [1.807, 2.05) is 18.2 Å². The highest BCUT2D eigenvalue weighted by molar-refractivity contribution is 6.31. The average Bonchev–Trinajstić information content (AvgIpc) is 2.66. The molecule has 1 saturated heterocycles. The Balaban J connectivity index is 1.61. The highest BCUT2D eigenvalue weighted by Crippen LogP contribution is 2.24.